The van der Waals surface area contributed by atoms with E-state index in [2.05, 4.69) is 25.6 Å². The first-order valence-corrected chi connectivity index (χ1v) is 10.0. The Hall–Kier alpha value is -4.48. The number of halogens is 3. The number of aromatic nitrogens is 3. The number of carbonyl (C=O) groups excluding carboxylic acids is 2. The minimum absolute atomic E-state index is 0.00558. The van der Waals surface area contributed by atoms with Crippen LogP contribution < -0.4 is 21.3 Å². The Morgan fingerprint density at radius 3 is 2.50 bits per heavy atom. The predicted molar refractivity (Wildman–Crippen MR) is 118 cm³/mol. The van der Waals surface area contributed by atoms with Crippen LogP contribution in [-0.4, -0.2) is 33.3 Å². The molecule has 4 N–H and O–H groups in total. The molecule has 3 heterocycles. The number of nitrogens with two attached hydrogens (primary N) is 1. The molecule has 0 unspecified atom stereocenters. The molecular formula is C22H18F3N7O2. The SMILES string of the molecule is CCN(C(=O)c1ccc2c(c1)N/C(=C(/C(N)=O)c1nccc(C(F)(F)F)n1)N2)c1cccnc1. The van der Waals surface area contributed by atoms with Gasteiger partial charge in [0.25, 0.3) is 11.8 Å². The number of amides is 2. The Bertz CT molecular complexity index is 1290. The van der Waals surface area contributed by atoms with Crippen LogP contribution in [-0.2, 0) is 11.0 Å². The average molecular weight is 469 g/mol. The van der Waals surface area contributed by atoms with E-state index in [4.69, 9.17) is 5.73 Å². The number of benzene rings is 1. The quantitative estimate of drug-likeness (QED) is 0.490. The molecule has 174 valence electrons. The minimum atomic E-state index is -4.72. The van der Waals surface area contributed by atoms with Gasteiger partial charge >= 0.3 is 6.18 Å². The summed E-state index contributed by atoms with van der Waals surface area (Å²) in [6.07, 6.45) is -0.653. The van der Waals surface area contributed by atoms with Crippen LogP contribution in [0, 0.1) is 0 Å². The third kappa shape index (κ3) is 4.37. The van der Waals surface area contributed by atoms with Crippen molar-refractivity contribution >= 4 is 34.4 Å². The van der Waals surface area contributed by atoms with E-state index in [1.165, 1.54) is 0 Å². The van der Waals surface area contributed by atoms with E-state index < -0.39 is 23.6 Å². The molecule has 1 aromatic carbocycles. The van der Waals surface area contributed by atoms with Crippen molar-refractivity contribution in [1.82, 2.24) is 15.0 Å². The fourth-order valence-corrected chi connectivity index (χ4v) is 3.41. The molecule has 0 fully saturated rings. The fourth-order valence-electron chi connectivity index (χ4n) is 3.41. The zero-order valence-electron chi connectivity index (χ0n) is 17.7. The van der Waals surface area contributed by atoms with E-state index >= 15 is 0 Å². The number of carbonyl (C=O) groups is 2. The smallest absolute Gasteiger partial charge is 0.365 e. The molecular weight excluding hydrogens is 451 g/mol. The first kappa shape index (κ1) is 22.7. The maximum Gasteiger partial charge on any atom is 0.433 e. The number of fused-ring (bicyclic) bond motifs is 1. The van der Waals surface area contributed by atoms with E-state index in [0.717, 1.165) is 6.20 Å². The molecule has 4 rings (SSSR count). The fraction of sp³-hybridized carbons (Fsp3) is 0.136. The first-order chi connectivity index (χ1) is 16.2. The van der Waals surface area contributed by atoms with Gasteiger partial charge in [-0.3, -0.25) is 14.6 Å². The second-order valence-corrected chi connectivity index (χ2v) is 7.15. The normalized spacial score (nSPS) is 14.0. The number of primary amides is 1. The second-order valence-electron chi connectivity index (χ2n) is 7.15. The van der Waals surface area contributed by atoms with E-state index in [1.807, 2.05) is 6.92 Å². The largest absolute Gasteiger partial charge is 0.433 e. The molecule has 0 saturated carbocycles. The number of alkyl halides is 3. The van der Waals surface area contributed by atoms with E-state index in [-0.39, 0.29) is 17.3 Å². The van der Waals surface area contributed by atoms with Gasteiger partial charge in [-0.1, -0.05) is 0 Å². The van der Waals surface area contributed by atoms with Crippen molar-refractivity contribution in [1.29, 1.82) is 0 Å². The van der Waals surface area contributed by atoms with Crippen molar-refractivity contribution in [2.24, 2.45) is 5.73 Å². The zero-order chi connectivity index (χ0) is 24.5. The number of hydrogen-bond acceptors (Lipinski definition) is 7. The molecule has 9 nitrogen and oxygen atoms in total. The molecule has 0 aliphatic carbocycles. The summed E-state index contributed by atoms with van der Waals surface area (Å²) in [7, 11) is 0. The number of nitrogens with zero attached hydrogens (tertiary/aromatic N) is 4. The first-order valence-electron chi connectivity index (χ1n) is 10.0. The average Bonchev–Trinajstić information content (AvgIpc) is 3.22. The molecule has 0 saturated heterocycles. The Morgan fingerprint density at radius 1 is 1.09 bits per heavy atom. The maximum absolute atomic E-state index is 13.1. The summed E-state index contributed by atoms with van der Waals surface area (Å²) in [5, 5.41) is 5.77. The van der Waals surface area contributed by atoms with Crippen molar-refractivity contribution in [2.45, 2.75) is 13.1 Å². The summed E-state index contributed by atoms with van der Waals surface area (Å²) >= 11 is 0. The topological polar surface area (TPSA) is 126 Å². The van der Waals surface area contributed by atoms with Crippen LogP contribution in [0.15, 0.2) is 60.8 Å². The lowest BCUT2D eigenvalue weighted by atomic mass is 10.1. The Kier molecular flexibility index (Phi) is 5.88. The molecule has 12 heteroatoms. The van der Waals surface area contributed by atoms with Gasteiger partial charge in [-0.15, -0.1) is 0 Å². The van der Waals surface area contributed by atoms with Gasteiger partial charge in [0.05, 0.1) is 23.3 Å². The van der Waals surface area contributed by atoms with Crippen LogP contribution in [0.5, 0.6) is 0 Å². The molecule has 3 aromatic rings. The van der Waals surface area contributed by atoms with E-state index in [1.54, 1.807) is 47.6 Å². The number of rotatable bonds is 5. The Morgan fingerprint density at radius 2 is 1.85 bits per heavy atom. The van der Waals surface area contributed by atoms with Gasteiger partial charge in [0.2, 0.25) is 0 Å². The number of pyridine rings is 1. The van der Waals surface area contributed by atoms with Gasteiger partial charge in [-0.2, -0.15) is 13.2 Å². The lowest BCUT2D eigenvalue weighted by Gasteiger charge is -2.20. The summed E-state index contributed by atoms with van der Waals surface area (Å²) in [5.74, 6) is -1.80. The van der Waals surface area contributed by atoms with Crippen LogP contribution >= 0.6 is 0 Å². The second kappa shape index (κ2) is 8.81. The van der Waals surface area contributed by atoms with Crippen molar-refractivity contribution in [3.05, 3.63) is 77.9 Å². The third-order valence-corrected chi connectivity index (χ3v) is 4.97. The van der Waals surface area contributed by atoms with Gasteiger partial charge in [0.15, 0.2) is 5.82 Å². The summed E-state index contributed by atoms with van der Waals surface area (Å²) < 4.78 is 39.2. The molecule has 34 heavy (non-hydrogen) atoms. The van der Waals surface area contributed by atoms with Crippen molar-refractivity contribution in [3.63, 3.8) is 0 Å². The molecule has 1 aliphatic heterocycles. The number of nitrogens with one attached hydrogen (secondary N) is 2. The van der Waals surface area contributed by atoms with Crippen molar-refractivity contribution < 1.29 is 22.8 Å². The van der Waals surface area contributed by atoms with Crippen molar-refractivity contribution in [3.8, 4) is 0 Å². The summed E-state index contributed by atoms with van der Waals surface area (Å²) in [4.78, 5) is 38.0. The molecule has 1 aliphatic rings. The lowest BCUT2D eigenvalue weighted by Crippen LogP contribution is -2.30. The van der Waals surface area contributed by atoms with Gasteiger partial charge < -0.3 is 21.3 Å². The highest BCUT2D eigenvalue weighted by molar-refractivity contribution is 6.20. The molecule has 2 amide bonds. The van der Waals surface area contributed by atoms with E-state index in [0.29, 0.717) is 35.2 Å². The highest BCUT2D eigenvalue weighted by Crippen LogP contribution is 2.35. The summed E-state index contributed by atoms with van der Waals surface area (Å²) in [5.41, 5.74) is 5.75. The zero-order valence-corrected chi connectivity index (χ0v) is 17.7. The maximum atomic E-state index is 13.1. The minimum Gasteiger partial charge on any atom is -0.365 e. The van der Waals surface area contributed by atoms with Crippen LogP contribution in [0.1, 0.15) is 28.8 Å². The molecule has 0 bridgehead atoms. The lowest BCUT2D eigenvalue weighted by molar-refractivity contribution is -0.141. The van der Waals surface area contributed by atoms with Crippen LogP contribution in [0.2, 0.25) is 0 Å². The Labute approximate surface area is 191 Å². The Balaban J connectivity index is 1.67. The third-order valence-electron chi connectivity index (χ3n) is 4.97. The van der Waals surface area contributed by atoms with Crippen LogP contribution in [0.4, 0.5) is 30.2 Å². The number of hydrogen-bond donors (Lipinski definition) is 3. The van der Waals surface area contributed by atoms with Gasteiger partial charge in [-0.25, -0.2) is 9.97 Å². The summed E-state index contributed by atoms with van der Waals surface area (Å²) in [6.45, 7) is 2.23. The van der Waals surface area contributed by atoms with E-state index in [9.17, 15) is 22.8 Å². The van der Waals surface area contributed by atoms with Gasteiger partial charge in [0, 0.05) is 24.5 Å². The highest BCUT2D eigenvalue weighted by atomic mass is 19.4. The molecule has 0 radical (unpaired) electrons. The van der Waals surface area contributed by atoms with Crippen molar-refractivity contribution in [2.75, 3.05) is 22.1 Å². The monoisotopic (exact) mass is 469 g/mol. The predicted octanol–water partition coefficient (Wildman–Crippen LogP) is 3.25. The van der Waals surface area contributed by atoms with Gasteiger partial charge in [-0.05, 0) is 43.3 Å². The highest BCUT2D eigenvalue weighted by Gasteiger charge is 2.34. The molecule has 2 aromatic heterocycles. The van der Waals surface area contributed by atoms with Crippen LogP contribution in [0.25, 0.3) is 5.57 Å². The van der Waals surface area contributed by atoms with Crippen LogP contribution in [0.3, 0.4) is 0 Å². The number of anilines is 3. The molecule has 0 atom stereocenters. The molecule has 0 spiro atoms. The standard InChI is InChI=1S/C22H18F3N7O2/c1-2-32(13-4-3-8-27-11-13)21(34)12-5-6-14-15(10-12)30-20(29-14)17(18(26)33)19-28-9-7-16(31-19)22(23,24)25/h3-11,29-30H,2H2,1H3,(H2,26,33)/b20-17-. The summed E-state index contributed by atoms with van der Waals surface area (Å²) in [6, 6.07) is 8.92. The van der Waals surface area contributed by atoms with Gasteiger partial charge in [0.1, 0.15) is 17.1 Å².